The number of carbonyl (C=O) groups excluding carboxylic acids is 1. The largest absolute Gasteiger partial charge is 0.325 e. The number of nitrogens with one attached hydrogen (secondary N) is 1. The molecule has 1 heterocycles. The van der Waals surface area contributed by atoms with E-state index in [2.05, 4.69) is 10.3 Å². The van der Waals surface area contributed by atoms with Crippen LogP contribution in [-0.2, 0) is 4.79 Å². The molecule has 1 atom stereocenters. The summed E-state index contributed by atoms with van der Waals surface area (Å²) in [6, 6.07) is 7.83. The van der Waals surface area contributed by atoms with Crippen molar-refractivity contribution in [3.05, 3.63) is 29.8 Å². The fourth-order valence-electron chi connectivity index (χ4n) is 1.56. The lowest BCUT2D eigenvalue weighted by molar-refractivity contribution is -0.115. The third-order valence-corrected chi connectivity index (χ3v) is 4.79. The molecule has 3 nitrogen and oxygen atoms in total. The molecule has 96 valence electrons. The molecule has 0 spiro atoms. The van der Waals surface area contributed by atoms with Gasteiger partial charge in [0.15, 0.2) is 0 Å². The number of benzene rings is 1. The third kappa shape index (κ3) is 3.78. The van der Waals surface area contributed by atoms with Crippen molar-refractivity contribution < 1.29 is 4.79 Å². The number of carbonyl (C=O) groups is 1. The first-order chi connectivity index (χ1) is 8.65. The number of hydrogen-bond donors (Lipinski definition) is 1. The molecule has 0 aliphatic carbocycles. The standard InChI is InChI=1S/C13H16N2OS2/c1-9-4-3-5-11(8-9)15-12(16)10(2)18-13-14-6-7-17-13/h3-5,8,10H,6-7H2,1-2H3,(H,15,16). The van der Waals surface area contributed by atoms with E-state index in [1.807, 2.05) is 38.1 Å². The summed E-state index contributed by atoms with van der Waals surface area (Å²) in [5.41, 5.74) is 2.00. The summed E-state index contributed by atoms with van der Waals surface area (Å²) in [4.78, 5) is 16.4. The zero-order valence-corrected chi connectivity index (χ0v) is 12.1. The van der Waals surface area contributed by atoms with E-state index in [-0.39, 0.29) is 11.2 Å². The molecule has 5 heteroatoms. The summed E-state index contributed by atoms with van der Waals surface area (Å²) in [7, 11) is 0. The van der Waals surface area contributed by atoms with Gasteiger partial charge in [0.2, 0.25) is 5.91 Å². The van der Waals surface area contributed by atoms with E-state index in [1.54, 1.807) is 11.8 Å². The number of rotatable bonds is 3. The smallest absolute Gasteiger partial charge is 0.237 e. The van der Waals surface area contributed by atoms with E-state index in [9.17, 15) is 4.79 Å². The molecule has 0 radical (unpaired) electrons. The molecule has 2 rings (SSSR count). The second-order valence-corrected chi connectivity index (χ2v) is 6.79. The summed E-state index contributed by atoms with van der Waals surface area (Å²) in [6.45, 7) is 4.80. The van der Waals surface area contributed by atoms with Gasteiger partial charge in [0.25, 0.3) is 0 Å². The van der Waals surface area contributed by atoms with Crippen LogP contribution < -0.4 is 5.32 Å². The van der Waals surface area contributed by atoms with Gasteiger partial charge in [-0.3, -0.25) is 9.79 Å². The average molecular weight is 280 g/mol. The van der Waals surface area contributed by atoms with Crippen molar-refractivity contribution in [2.75, 3.05) is 17.6 Å². The maximum absolute atomic E-state index is 12.0. The Labute approximate surface area is 116 Å². The first-order valence-electron chi connectivity index (χ1n) is 5.86. The van der Waals surface area contributed by atoms with E-state index >= 15 is 0 Å². The first kappa shape index (κ1) is 13.5. The van der Waals surface area contributed by atoms with Gasteiger partial charge < -0.3 is 5.32 Å². The number of anilines is 1. The third-order valence-electron chi connectivity index (χ3n) is 2.49. The summed E-state index contributed by atoms with van der Waals surface area (Å²) in [6.07, 6.45) is 0. The number of amides is 1. The van der Waals surface area contributed by atoms with Crippen molar-refractivity contribution in [1.82, 2.24) is 0 Å². The lowest BCUT2D eigenvalue weighted by Gasteiger charge is -2.11. The molecule has 0 aromatic heterocycles. The van der Waals surface area contributed by atoms with Gasteiger partial charge >= 0.3 is 0 Å². The summed E-state index contributed by atoms with van der Waals surface area (Å²) in [5, 5.41) is 2.82. The minimum absolute atomic E-state index is 0.0285. The van der Waals surface area contributed by atoms with Crippen LogP contribution in [0.1, 0.15) is 12.5 Å². The SMILES string of the molecule is Cc1cccc(NC(=O)C(C)SC2=NCCS2)c1. The first-order valence-corrected chi connectivity index (χ1v) is 7.73. The van der Waals surface area contributed by atoms with Gasteiger partial charge in [0, 0.05) is 11.4 Å². The van der Waals surface area contributed by atoms with Gasteiger partial charge in [-0.05, 0) is 31.5 Å². The van der Waals surface area contributed by atoms with Crippen LogP contribution in [0, 0.1) is 6.92 Å². The molecule has 0 saturated heterocycles. The minimum Gasteiger partial charge on any atom is -0.325 e. The summed E-state index contributed by atoms with van der Waals surface area (Å²) >= 11 is 3.27. The normalized spacial score (nSPS) is 16.2. The van der Waals surface area contributed by atoms with Crippen molar-refractivity contribution in [2.24, 2.45) is 4.99 Å². The van der Waals surface area contributed by atoms with Gasteiger partial charge in [-0.15, -0.1) is 0 Å². The van der Waals surface area contributed by atoms with Crippen LogP contribution in [0.5, 0.6) is 0 Å². The highest BCUT2D eigenvalue weighted by atomic mass is 32.2. The van der Waals surface area contributed by atoms with E-state index in [4.69, 9.17) is 0 Å². The predicted molar refractivity (Wildman–Crippen MR) is 81.6 cm³/mol. The number of hydrogen-bond acceptors (Lipinski definition) is 4. The highest BCUT2D eigenvalue weighted by molar-refractivity contribution is 8.39. The van der Waals surface area contributed by atoms with E-state index < -0.39 is 0 Å². The number of aryl methyl sites for hydroxylation is 1. The highest BCUT2D eigenvalue weighted by Gasteiger charge is 2.18. The molecule has 1 amide bonds. The Morgan fingerprint density at radius 1 is 1.56 bits per heavy atom. The van der Waals surface area contributed by atoms with Crippen LogP contribution in [0.25, 0.3) is 0 Å². The molecule has 0 fully saturated rings. The molecule has 1 aliphatic heterocycles. The Morgan fingerprint density at radius 3 is 3.06 bits per heavy atom. The van der Waals surface area contributed by atoms with Crippen molar-refractivity contribution in [1.29, 1.82) is 0 Å². The van der Waals surface area contributed by atoms with Crippen LogP contribution in [0.4, 0.5) is 5.69 Å². The minimum atomic E-state index is -0.116. The van der Waals surface area contributed by atoms with Gasteiger partial charge in [0.05, 0.1) is 11.8 Å². The quantitative estimate of drug-likeness (QED) is 0.924. The highest BCUT2D eigenvalue weighted by Crippen LogP contribution is 2.26. The Kier molecular flexibility index (Phi) is 4.72. The van der Waals surface area contributed by atoms with Gasteiger partial charge in [-0.1, -0.05) is 35.7 Å². The van der Waals surface area contributed by atoms with E-state index in [0.29, 0.717) is 0 Å². The number of thioether (sulfide) groups is 2. The maximum Gasteiger partial charge on any atom is 0.237 e. The molecular weight excluding hydrogens is 264 g/mol. The van der Waals surface area contributed by atoms with Crippen LogP contribution in [-0.4, -0.2) is 27.8 Å². The van der Waals surface area contributed by atoms with Crippen LogP contribution in [0.3, 0.4) is 0 Å². The van der Waals surface area contributed by atoms with Crippen molar-refractivity contribution in [2.45, 2.75) is 19.1 Å². The lowest BCUT2D eigenvalue weighted by Crippen LogP contribution is -2.23. The maximum atomic E-state index is 12.0. The monoisotopic (exact) mass is 280 g/mol. The Bertz CT molecular complexity index is 474. The fourth-order valence-corrected chi connectivity index (χ4v) is 3.69. The molecule has 0 bridgehead atoms. The molecule has 1 aromatic carbocycles. The molecule has 1 aliphatic rings. The Hall–Kier alpha value is -0.940. The molecular formula is C13H16N2OS2. The molecule has 18 heavy (non-hydrogen) atoms. The summed E-state index contributed by atoms with van der Waals surface area (Å²) in [5.74, 6) is 1.06. The predicted octanol–water partition coefficient (Wildman–Crippen LogP) is 3.16. The molecule has 1 unspecified atom stereocenters. The number of nitrogens with zero attached hydrogens (tertiary/aromatic N) is 1. The average Bonchev–Trinajstić information content (AvgIpc) is 2.81. The van der Waals surface area contributed by atoms with Gasteiger partial charge in [-0.25, -0.2) is 0 Å². The molecule has 0 saturated carbocycles. The van der Waals surface area contributed by atoms with Crippen LogP contribution in [0.15, 0.2) is 29.3 Å². The van der Waals surface area contributed by atoms with Crippen LogP contribution >= 0.6 is 23.5 Å². The number of aliphatic imine (C=N–C) groups is 1. The fraction of sp³-hybridized carbons (Fsp3) is 0.385. The second kappa shape index (κ2) is 6.29. The second-order valence-electron chi connectivity index (χ2n) is 4.11. The van der Waals surface area contributed by atoms with E-state index in [0.717, 1.165) is 27.9 Å². The van der Waals surface area contributed by atoms with Crippen molar-refractivity contribution in [3.8, 4) is 0 Å². The zero-order valence-electron chi connectivity index (χ0n) is 10.5. The lowest BCUT2D eigenvalue weighted by atomic mass is 10.2. The van der Waals surface area contributed by atoms with Gasteiger partial charge in [-0.2, -0.15) is 0 Å². The van der Waals surface area contributed by atoms with Gasteiger partial charge in [0.1, 0.15) is 4.38 Å². The van der Waals surface area contributed by atoms with Crippen molar-refractivity contribution >= 4 is 39.5 Å². The van der Waals surface area contributed by atoms with Crippen LogP contribution in [0.2, 0.25) is 0 Å². The Morgan fingerprint density at radius 2 is 2.39 bits per heavy atom. The zero-order chi connectivity index (χ0) is 13.0. The van der Waals surface area contributed by atoms with E-state index in [1.165, 1.54) is 11.8 Å². The topological polar surface area (TPSA) is 41.5 Å². The molecule has 1 N–H and O–H groups in total. The molecule has 1 aromatic rings. The Balaban J connectivity index is 1.90. The van der Waals surface area contributed by atoms with Crippen molar-refractivity contribution in [3.63, 3.8) is 0 Å². The summed E-state index contributed by atoms with van der Waals surface area (Å²) < 4.78 is 1.03.